The number of hydrogen-bond donors (Lipinski definition) is 1. The van der Waals surface area contributed by atoms with E-state index in [0.717, 1.165) is 32.3 Å². The number of nitrogens with zero attached hydrogens (tertiary/aromatic N) is 2. The minimum absolute atomic E-state index is 0.0104. The fourth-order valence-electron chi connectivity index (χ4n) is 2.81. The smallest absolute Gasteiger partial charge is 0.230 e. The van der Waals surface area contributed by atoms with E-state index in [1.165, 1.54) is 37.1 Å². The summed E-state index contributed by atoms with van der Waals surface area (Å²) in [5.74, 6) is -2.17. The van der Waals surface area contributed by atoms with E-state index < -0.39 is 11.6 Å². The molecule has 6 heteroatoms. The molecule has 0 aliphatic rings. The van der Waals surface area contributed by atoms with Crippen molar-refractivity contribution in [3.8, 4) is 17.1 Å². The lowest BCUT2D eigenvalue weighted by atomic mass is 10.1. The predicted molar refractivity (Wildman–Crippen MR) is 107 cm³/mol. The van der Waals surface area contributed by atoms with Gasteiger partial charge in [-0.2, -0.15) is 0 Å². The Labute approximate surface area is 165 Å². The number of aromatic hydroxyl groups is 1. The Kier molecular flexibility index (Phi) is 9.01. The first kappa shape index (κ1) is 22.0. The van der Waals surface area contributed by atoms with E-state index in [4.69, 9.17) is 9.84 Å². The largest absolute Gasteiger partial charge is 0.492 e. The summed E-state index contributed by atoms with van der Waals surface area (Å²) in [6.45, 7) is 5.03. The number of rotatable bonds is 11. The first-order chi connectivity index (χ1) is 13.5. The maximum absolute atomic E-state index is 14.3. The van der Waals surface area contributed by atoms with Crippen LogP contribution in [0.3, 0.4) is 0 Å². The van der Waals surface area contributed by atoms with Gasteiger partial charge in [0.1, 0.15) is 0 Å². The second-order valence-corrected chi connectivity index (χ2v) is 6.83. The van der Waals surface area contributed by atoms with E-state index in [-0.39, 0.29) is 28.8 Å². The summed E-state index contributed by atoms with van der Waals surface area (Å²) in [6, 6.07) is 5.65. The van der Waals surface area contributed by atoms with Gasteiger partial charge in [0.15, 0.2) is 11.6 Å². The Morgan fingerprint density at radius 2 is 1.89 bits per heavy atom. The molecule has 1 atom stereocenters. The maximum atomic E-state index is 14.3. The molecule has 1 N–H and O–H groups in total. The highest BCUT2D eigenvalue weighted by atomic mass is 19.2. The number of halogens is 2. The van der Waals surface area contributed by atoms with E-state index in [2.05, 4.69) is 24.0 Å². The third-order valence-corrected chi connectivity index (χ3v) is 4.47. The highest BCUT2D eigenvalue weighted by Gasteiger charge is 2.14. The van der Waals surface area contributed by atoms with E-state index in [1.54, 1.807) is 6.08 Å². The molecular formula is C22H28F2N2O2. The van der Waals surface area contributed by atoms with Crippen molar-refractivity contribution in [3.63, 3.8) is 0 Å². The monoisotopic (exact) mass is 390 g/mol. The van der Waals surface area contributed by atoms with Crippen LogP contribution in [0.25, 0.3) is 17.3 Å². The molecule has 0 fully saturated rings. The van der Waals surface area contributed by atoms with E-state index in [1.807, 2.05) is 6.08 Å². The molecule has 152 valence electrons. The number of allylic oxidation sites excluding steroid dienone is 1. The molecule has 1 aromatic heterocycles. The van der Waals surface area contributed by atoms with Gasteiger partial charge in [-0.1, -0.05) is 38.0 Å². The summed E-state index contributed by atoms with van der Waals surface area (Å²) < 4.78 is 34.4. The van der Waals surface area contributed by atoms with Gasteiger partial charge in [0.25, 0.3) is 0 Å². The molecule has 0 saturated carbocycles. The van der Waals surface area contributed by atoms with Crippen LogP contribution in [0, 0.1) is 11.6 Å². The number of benzene rings is 1. The van der Waals surface area contributed by atoms with Crippen molar-refractivity contribution in [2.45, 2.75) is 58.5 Å². The topological polar surface area (TPSA) is 55.2 Å². The van der Waals surface area contributed by atoms with Crippen LogP contribution in [0.4, 0.5) is 8.78 Å². The summed E-state index contributed by atoms with van der Waals surface area (Å²) in [5.41, 5.74) is 0.366. The highest BCUT2D eigenvalue weighted by Crippen LogP contribution is 2.26. The maximum Gasteiger partial charge on any atom is 0.230 e. The number of ether oxygens (including phenoxy) is 1. The second-order valence-electron chi connectivity index (χ2n) is 6.83. The van der Waals surface area contributed by atoms with E-state index >= 15 is 0 Å². The molecular weight excluding hydrogens is 362 g/mol. The van der Waals surface area contributed by atoms with Gasteiger partial charge in [-0.15, -0.1) is 10.2 Å². The van der Waals surface area contributed by atoms with E-state index in [0.29, 0.717) is 0 Å². The quantitative estimate of drug-likeness (QED) is 0.485. The fraction of sp³-hybridized carbons (Fsp3) is 0.455. The molecule has 1 aromatic carbocycles. The van der Waals surface area contributed by atoms with Crippen molar-refractivity contribution in [2.75, 3.05) is 6.61 Å². The highest BCUT2D eigenvalue weighted by molar-refractivity contribution is 5.63. The van der Waals surface area contributed by atoms with E-state index in [9.17, 15) is 8.78 Å². The first-order valence-electron chi connectivity index (χ1n) is 9.82. The summed E-state index contributed by atoms with van der Waals surface area (Å²) in [7, 11) is 0. The van der Waals surface area contributed by atoms with Gasteiger partial charge in [-0.05, 0) is 44.7 Å². The summed E-state index contributed by atoms with van der Waals surface area (Å²) in [6.07, 6.45) is 9.76. The second kappa shape index (κ2) is 11.5. The minimum Gasteiger partial charge on any atom is -0.492 e. The zero-order chi connectivity index (χ0) is 20.4. The van der Waals surface area contributed by atoms with Crippen LogP contribution < -0.4 is 0 Å². The molecule has 0 spiro atoms. The van der Waals surface area contributed by atoms with Crippen LogP contribution in [0.2, 0.25) is 0 Å². The number of aromatic nitrogens is 2. The third kappa shape index (κ3) is 6.68. The van der Waals surface area contributed by atoms with Crippen LogP contribution in [-0.4, -0.2) is 28.0 Å². The molecule has 28 heavy (non-hydrogen) atoms. The molecule has 4 nitrogen and oxygen atoms in total. The molecule has 1 heterocycles. The van der Waals surface area contributed by atoms with Crippen molar-refractivity contribution in [1.29, 1.82) is 0 Å². The molecule has 0 radical (unpaired) electrons. The molecule has 2 aromatic rings. The van der Waals surface area contributed by atoms with Crippen LogP contribution in [0.15, 0.2) is 30.3 Å². The summed E-state index contributed by atoms with van der Waals surface area (Å²) in [5, 5.41) is 16.3. The van der Waals surface area contributed by atoms with Crippen LogP contribution in [0.1, 0.15) is 57.9 Å². The van der Waals surface area contributed by atoms with Crippen molar-refractivity contribution in [3.05, 3.63) is 47.5 Å². The fourth-order valence-corrected chi connectivity index (χ4v) is 2.81. The minimum atomic E-state index is -0.976. The normalized spacial score (nSPS) is 12.6. The van der Waals surface area contributed by atoms with Crippen molar-refractivity contribution < 1.29 is 18.6 Å². The molecule has 0 amide bonds. The Morgan fingerprint density at radius 3 is 2.61 bits per heavy atom. The van der Waals surface area contributed by atoms with Gasteiger partial charge in [-0.25, -0.2) is 8.78 Å². The zero-order valence-corrected chi connectivity index (χ0v) is 16.5. The first-order valence-corrected chi connectivity index (χ1v) is 9.82. The standard InChI is InChI=1S/C22H28F2N2O2/c1-3-4-8-15-28-16(2)9-6-5-7-10-17-11-12-18(22(24)21(17)23)19-13-14-20(27)26-25-19/h7,10-14,16H,3-6,8-9,15H2,1-2H3,(H,26,27)/b10-7+. The molecule has 2 rings (SSSR count). The lowest BCUT2D eigenvalue weighted by molar-refractivity contribution is 0.0566. The zero-order valence-electron chi connectivity index (χ0n) is 16.5. The van der Waals surface area contributed by atoms with Crippen LogP contribution in [-0.2, 0) is 4.74 Å². The van der Waals surface area contributed by atoms with Crippen LogP contribution >= 0.6 is 0 Å². The summed E-state index contributed by atoms with van der Waals surface area (Å²) in [4.78, 5) is 0. The van der Waals surface area contributed by atoms with Gasteiger partial charge in [0.05, 0.1) is 11.8 Å². The molecule has 0 bridgehead atoms. The Hall–Kier alpha value is -2.34. The van der Waals surface area contributed by atoms with Gasteiger partial charge in [-0.3, -0.25) is 0 Å². The third-order valence-electron chi connectivity index (χ3n) is 4.47. The average molecular weight is 390 g/mol. The molecule has 0 aliphatic heterocycles. The Balaban J connectivity index is 1.85. The van der Waals surface area contributed by atoms with Gasteiger partial charge < -0.3 is 9.84 Å². The number of unbranched alkanes of at least 4 members (excludes halogenated alkanes) is 3. The molecule has 0 aliphatic carbocycles. The Bertz CT molecular complexity index is 764. The summed E-state index contributed by atoms with van der Waals surface area (Å²) >= 11 is 0. The average Bonchev–Trinajstić information content (AvgIpc) is 2.69. The predicted octanol–water partition coefficient (Wildman–Crippen LogP) is 5.91. The SMILES string of the molecule is CCCCCOC(C)CCC/C=C/c1ccc(-c2ccc(O)nn2)c(F)c1F. The van der Waals surface area contributed by atoms with Crippen molar-refractivity contribution in [2.24, 2.45) is 0 Å². The molecule has 1 unspecified atom stereocenters. The lowest BCUT2D eigenvalue weighted by Crippen LogP contribution is -2.08. The van der Waals surface area contributed by atoms with Gasteiger partial charge >= 0.3 is 0 Å². The van der Waals surface area contributed by atoms with Crippen LogP contribution in [0.5, 0.6) is 5.88 Å². The van der Waals surface area contributed by atoms with Crippen molar-refractivity contribution in [1.82, 2.24) is 10.2 Å². The lowest BCUT2D eigenvalue weighted by Gasteiger charge is -2.12. The van der Waals surface area contributed by atoms with Gasteiger partial charge in [0, 0.05) is 23.8 Å². The number of hydrogen-bond acceptors (Lipinski definition) is 4. The van der Waals surface area contributed by atoms with Crippen molar-refractivity contribution >= 4 is 6.08 Å². The van der Waals surface area contributed by atoms with Gasteiger partial charge in [0.2, 0.25) is 5.88 Å². The molecule has 0 saturated heterocycles. The Morgan fingerprint density at radius 1 is 1.07 bits per heavy atom.